The van der Waals surface area contributed by atoms with Gasteiger partial charge in [0, 0.05) is 41.6 Å². The lowest BCUT2D eigenvalue weighted by molar-refractivity contribution is 0.0700. The molecule has 1 N–H and O–H groups in total. The molecule has 2 aromatic heterocycles. The van der Waals surface area contributed by atoms with Gasteiger partial charge in [0.15, 0.2) is 0 Å². The van der Waals surface area contributed by atoms with Crippen LogP contribution in [-0.4, -0.2) is 39.1 Å². The first-order chi connectivity index (χ1) is 13.6. The Labute approximate surface area is 169 Å². The van der Waals surface area contributed by atoms with Crippen molar-refractivity contribution in [2.45, 2.75) is 32.1 Å². The molecule has 5 nitrogen and oxygen atoms in total. The maximum absolute atomic E-state index is 12.7. The molecule has 144 valence electrons. The molecule has 1 aromatic carbocycles. The lowest BCUT2D eigenvalue weighted by atomic mass is 9.92. The molecule has 0 unspecified atom stereocenters. The van der Waals surface area contributed by atoms with Crippen LogP contribution in [-0.2, 0) is 6.42 Å². The highest BCUT2D eigenvalue weighted by Gasteiger charge is 2.27. The SMILES string of the molecule is Cc1cc(Cc2ccccc2Cl)cc([C@H]2CCCN(C(=O)c3ccn[nH]3)C2)n1. The summed E-state index contributed by atoms with van der Waals surface area (Å²) in [6.45, 7) is 3.47. The number of likely N-dealkylation sites (tertiary alicyclic amines) is 1. The minimum Gasteiger partial charge on any atom is -0.337 e. The number of aromatic nitrogens is 3. The van der Waals surface area contributed by atoms with E-state index in [0.29, 0.717) is 12.2 Å². The highest BCUT2D eigenvalue weighted by atomic mass is 35.5. The van der Waals surface area contributed by atoms with Crippen molar-refractivity contribution in [3.63, 3.8) is 0 Å². The van der Waals surface area contributed by atoms with E-state index in [1.165, 1.54) is 5.56 Å². The molecule has 0 aliphatic carbocycles. The zero-order chi connectivity index (χ0) is 19.5. The summed E-state index contributed by atoms with van der Waals surface area (Å²) in [4.78, 5) is 19.4. The molecule has 1 amide bonds. The van der Waals surface area contributed by atoms with E-state index in [4.69, 9.17) is 16.6 Å². The van der Waals surface area contributed by atoms with Crippen LogP contribution in [0.15, 0.2) is 48.7 Å². The van der Waals surface area contributed by atoms with Gasteiger partial charge < -0.3 is 4.90 Å². The molecule has 1 saturated heterocycles. The van der Waals surface area contributed by atoms with Crippen molar-refractivity contribution in [2.24, 2.45) is 0 Å². The summed E-state index contributed by atoms with van der Waals surface area (Å²) in [6.07, 6.45) is 4.39. The van der Waals surface area contributed by atoms with Crippen molar-refractivity contribution in [3.05, 3.63) is 81.9 Å². The Hall–Kier alpha value is -2.66. The number of nitrogens with one attached hydrogen (secondary N) is 1. The van der Waals surface area contributed by atoms with Gasteiger partial charge in [0.05, 0.1) is 0 Å². The first-order valence-electron chi connectivity index (χ1n) is 9.59. The summed E-state index contributed by atoms with van der Waals surface area (Å²) in [6, 6.07) is 13.9. The maximum Gasteiger partial charge on any atom is 0.271 e. The highest BCUT2D eigenvalue weighted by Crippen LogP contribution is 2.28. The van der Waals surface area contributed by atoms with Gasteiger partial charge in [-0.15, -0.1) is 0 Å². The van der Waals surface area contributed by atoms with Gasteiger partial charge in [0.1, 0.15) is 5.69 Å². The largest absolute Gasteiger partial charge is 0.337 e. The second-order valence-corrected chi connectivity index (χ2v) is 7.78. The summed E-state index contributed by atoms with van der Waals surface area (Å²) in [7, 11) is 0. The van der Waals surface area contributed by atoms with Crippen molar-refractivity contribution >= 4 is 17.5 Å². The Morgan fingerprint density at radius 3 is 2.93 bits per heavy atom. The Bertz CT molecular complexity index is 970. The molecule has 0 radical (unpaired) electrons. The standard InChI is InChI=1S/C22H23ClN4O/c1-15-11-16(12-17-5-2-3-7-19(17)23)13-21(25-15)18-6-4-10-27(14-18)22(28)20-8-9-24-26-20/h2-3,5,7-9,11,13,18H,4,6,10,12,14H2,1H3,(H,24,26)/t18-/m0/s1. The summed E-state index contributed by atoms with van der Waals surface area (Å²) < 4.78 is 0. The van der Waals surface area contributed by atoms with E-state index in [-0.39, 0.29) is 11.8 Å². The van der Waals surface area contributed by atoms with Crippen LogP contribution >= 0.6 is 11.6 Å². The number of rotatable bonds is 4. The number of hydrogen-bond acceptors (Lipinski definition) is 3. The van der Waals surface area contributed by atoms with Gasteiger partial charge >= 0.3 is 0 Å². The highest BCUT2D eigenvalue weighted by molar-refractivity contribution is 6.31. The quantitative estimate of drug-likeness (QED) is 0.714. The number of H-pyrrole nitrogens is 1. The molecule has 6 heteroatoms. The first kappa shape index (κ1) is 18.7. The Morgan fingerprint density at radius 2 is 2.14 bits per heavy atom. The molecule has 1 aliphatic rings. The average Bonchev–Trinajstić information content (AvgIpc) is 3.24. The number of nitrogens with zero attached hydrogens (tertiary/aromatic N) is 3. The Kier molecular flexibility index (Phi) is 5.44. The maximum atomic E-state index is 12.7. The van der Waals surface area contributed by atoms with Crippen LogP contribution in [0, 0.1) is 6.92 Å². The Balaban J connectivity index is 1.54. The van der Waals surface area contributed by atoms with E-state index in [0.717, 1.165) is 47.8 Å². The minimum atomic E-state index is 0.00569. The number of pyridine rings is 1. The van der Waals surface area contributed by atoms with E-state index >= 15 is 0 Å². The smallest absolute Gasteiger partial charge is 0.271 e. The van der Waals surface area contributed by atoms with E-state index in [1.54, 1.807) is 12.3 Å². The second kappa shape index (κ2) is 8.15. The molecule has 0 saturated carbocycles. The van der Waals surface area contributed by atoms with Crippen molar-refractivity contribution in [1.82, 2.24) is 20.1 Å². The number of hydrogen-bond donors (Lipinski definition) is 1. The van der Waals surface area contributed by atoms with Crippen LogP contribution in [0.2, 0.25) is 5.02 Å². The van der Waals surface area contributed by atoms with E-state index in [9.17, 15) is 4.79 Å². The van der Waals surface area contributed by atoms with E-state index < -0.39 is 0 Å². The topological polar surface area (TPSA) is 61.9 Å². The van der Waals surface area contributed by atoms with E-state index in [2.05, 4.69) is 28.4 Å². The fourth-order valence-corrected chi connectivity index (χ4v) is 4.09. The van der Waals surface area contributed by atoms with Crippen molar-refractivity contribution in [1.29, 1.82) is 0 Å². The number of piperidine rings is 1. The molecule has 1 aliphatic heterocycles. The van der Waals surface area contributed by atoms with Gasteiger partial charge in [-0.25, -0.2) is 0 Å². The normalized spacial score (nSPS) is 16.9. The first-order valence-corrected chi connectivity index (χ1v) is 9.97. The molecule has 28 heavy (non-hydrogen) atoms. The number of carbonyl (C=O) groups excluding carboxylic acids is 1. The van der Waals surface area contributed by atoms with Crippen LogP contribution in [0.3, 0.4) is 0 Å². The fraction of sp³-hybridized carbons (Fsp3) is 0.318. The van der Waals surface area contributed by atoms with Crippen molar-refractivity contribution < 1.29 is 4.79 Å². The summed E-state index contributed by atoms with van der Waals surface area (Å²) >= 11 is 6.34. The number of carbonyl (C=O) groups is 1. The van der Waals surface area contributed by atoms with Gasteiger partial charge in [0.2, 0.25) is 0 Å². The number of halogens is 1. The minimum absolute atomic E-state index is 0.00569. The summed E-state index contributed by atoms with van der Waals surface area (Å²) in [5.41, 5.74) is 4.91. The summed E-state index contributed by atoms with van der Waals surface area (Å²) in [5.74, 6) is 0.247. The van der Waals surface area contributed by atoms with Crippen LogP contribution in [0.4, 0.5) is 0 Å². The van der Waals surface area contributed by atoms with Gasteiger partial charge in [-0.2, -0.15) is 5.10 Å². The zero-order valence-electron chi connectivity index (χ0n) is 15.9. The monoisotopic (exact) mass is 394 g/mol. The number of benzene rings is 1. The number of aromatic amines is 1. The van der Waals surface area contributed by atoms with Crippen molar-refractivity contribution in [2.75, 3.05) is 13.1 Å². The molecule has 3 heterocycles. The molecule has 0 bridgehead atoms. The molecular formula is C22H23ClN4O. The molecular weight excluding hydrogens is 372 g/mol. The third-order valence-corrected chi connectivity index (χ3v) is 5.61. The fourth-order valence-electron chi connectivity index (χ4n) is 3.89. The molecule has 1 atom stereocenters. The van der Waals surface area contributed by atoms with Crippen molar-refractivity contribution in [3.8, 4) is 0 Å². The number of aryl methyl sites for hydroxylation is 1. The number of amides is 1. The lowest BCUT2D eigenvalue weighted by Gasteiger charge is -2.32. The van der Waals surface area contributed by atoms with E-state index in [1.807, 2.05) is 30.0 Å². The molecule has 1 fully saturated rings. The summed E-state index contributed by atoms with van der Waals surface area (Å²) in [5, 5.41) is 7.44. The predicted molar refractivity (Wildman–Crippen MR) is 110 cm³/mol. The molecule has 0 spiro atoms. The van der Waals surface area contributed by atoms with Gasteiger partial charge in [0.25, 0.3) is 5.91 Å². The van der Waals surface area contributed by atoms with Crippen LogP contribution in [0.5, 0.6) is 0 Å². The second-order valence-electron chi connectivity index (χ2n) is 7.37. The third kappa shape index (κ3) is 4.09. The lowest BCUT2D eigenvalue weighted by Crippen LogP contribution is -2.39. The third-order valence-electron chi connectivity index (χ3n) is 5.24. The van der Waals surface area contributed by atoms with Crippen LogP contribution < -0.4 is 0 Å². The molecule has 3 aromatic rings. The Morgan fingerprint density at radius 1 is 1.29 bits per heavy atom. The van der Waals surface area contributed by atoms with Gasteiger partial charge in [-0.3, -0.25) is 14.9 Å². The average molecular weight is 395 g/mol. The predicted octanol–water partition coefficient (Wildman–Crippen LogP) is 4.38. The zero-order valence-corrected chi connectivity index (χ0v) is 16.6. The van der Waals surface area contributed by atoms with Crippen LogP contribution in [0.25, 0.3) is 0 Å². The molecule has 4 rings (SSSR count). The van der Waals surface area contributed by atoms with Crippen LogP contribution in [0.1, 0.15) is 51.8 Å². The van der Waals surface area contributed by atoms with Gasteiger partial charge in [-0.05, 0) is 61.6 Å². The van der Waals surface area contributed by atoms with Gasteiger partial charge in [-0.1, -0.05) is 29.8 Å².